The van der Waals surface area contributed by atoms with Crippen molar-refractivity contribution in [2.24, 2.45) is 11.8 Å². The van der Waals surface area contributed by atoms with Gasteiger partial charge >= 0.3 is 0 Å². The van der Waals surface area contributed by atoms with Gasteiger partial charge in [0.25, 0.3) is 0 Å². The van der Waals surface area contributed by atoms with Crippen LogP contribution in [0.25, 0.3) is 0 Å². The van der Waals surface area contributed by atoms with Gasteiger partial charge in [-0.3, -0.25) is 4.79 Å². The number of amides is 1. The van der Waals surface area contributed by atoms with Crippen LogP contribution in [0.2, 0.25) is 0 Å². The first-order valence-corrected chi connectivity index (χ1v) is 12.3. The Bertz CT molecular complexity index is 787. The van der Waals surface area contributed by atoms with E-state index in [1.54, 1.807) is 28.6 Å². The van der Waals surface area contributed by atoms with Crippen LogP contribution < -0.4 is 0 Å². The Morgan fingerprint density at radius 3 is 2.32 bits per heavy atom. The molecular formula is C22H32N2O3S. The smallest absolute Gasteiger partial charge is 0.243 e. The quantitative estimate of drug-likeness (QED) is 0.773. The van der Waals surface area contributed by atoms with Crippen LogP contribution >= 0.6 is 0 Å². The average Bonchev–Trinajstić information content (AvgIpc) is 2.74. The number of hydrogen-bond acceptors (Lipinski definition) is 3. The van der Waals surface area contributed by atoms with Crippen molar-refractivity contribution in [3.8, 4) is 0 Å². The van der Waals surface area contributed by atoms with Gasteiger partial charge in [-0.1, -0.05) is 31.0 Å². The van der Waals surface area contributed by atoms with E-state index in [0.717, 1.165) is 12.8 Å². The number of sulfonamides is 1. The minimum absolute atomic E-state index is 0.0367. The van der Waals surface area contributed by atoms with Crippen LogP contribution in [0.5, 0.6) is 0 Å². The predicted molar refractivity (Wildman–Crippen MR) is 109 cm³/mol. The molecule has 0 N–H and O–H groups in total. The number of fused-ring (bicyclic) bond motifs is 1. The highest BCUT2D eigenvalue weighted by atomic mass is 32.2. The summed E-state index contributed by atoms with van der Waals surface area (Å²) in [5.41, 5.74) is 0. The summed E-state index contributed by atoms with van der Waals surface area (Å²) < 4.78 is 27.2. The number of hydrogen-bond donors (Lipinski definition) is 0. The molecule has 5 nitrogen and oxygen atoms in total. The van der Waals surface area contributed by atoms with Crippen LogP contribution in [-0.4, -0.2) is 48.7 Å². The molecule has 2 heterocycles. The fourth-order valence-electron chi connectivity index (χ4n) is 5.49. The molecule has 4 rings (SSSR count). The third-order valence-corrected chi connectivity index (χ3v) is 9.01. The molecule has 3 fully saturated rings. The second kappa shape index (κ2) is 8.15. The molecule has 0 unspecified atom stereocenters. The van der Waals surface area contributed by atoms with Crippen molar-refractivity contribution in [2.45, 2.75) is 75.3 Å². The van der Waals surface area contributed by atoms with E-state index in [-0.39, 0.29) is 11.8 Å². The monoisotopic (exact) mass is 404 g/mol. The first-order chi connectivity index (χ1) is 13.5. The second-order valence-electron chi connectivity index (χ2n) is 8.78. The van der Waals surface area contributed by atoms with E-state index in [4.69, 9.17) is 0 Å². The molecule has 0 bridgehead atoms. The van der Waals surface area contributed by atoms with Crippen molar-refractivity contribution in [1.29, 1.82) is 0 Å². The molecule has 0 aromatic heterocycles. The first kappa shape index (κ1) is 19.9. The normalized spacial score (nSPS) is 30.0. The van der Waals surface area contributed by atoms with Crippen LogP contribution in [0.15, 0.2) is 35.2 Å². The summed E-state index contributed by atoms with van der Waals surface area (Å²) in [6.07, 6.45) is 8.55. The number of carbonyl (C=O) groups excluding carboxylic acids is 1. The fraction of sp³-hybridized carbons (Fsp3) is 0.682. The minimum Gasteiger partial charge on any atom is -0.336 e. The Labute approximate surface area is 169 Å². The van der Waals surface area contributed by atoms with E-state index in [9.17, 15) is 13.2 Å². The molecule has 1 aliphatic carbocycles. The molecule has 0 radical (unpaired) electrons. The lowest BCUT2D eigenvalue weighted by Crippen LogP contribution is -2.56. The van der Waals surface area contributed by atoms with Crippen molar-refractivity contribution in [3.05, 3.63) is 30.3 Å². The average molecular weight is 405 g/mol. The number of rotatable bonds is 3. The molecule has 1 aromatic rings. The molecule has 2 saturated heterocycles. The highest BCUT2D eigenvalue weighted by molar-refractivity contribution is 7.89. The fourth-order valence-corrected chi connectivity index (χ4v) is 6.98. The zero-order valence-corrected chi connectivity index (χ0v) is 17.6. The Hall–Kier alpha value is -1.40. The second-order valence-corrected chi connectivity index (χ2v) is 10.7. The number of benzene rings is 1. The summed E-state index contributed by atoms with van der Waals surface area (Å²) in [4.78, 5) is 16.0. The summed E-state index contributed by atoms with van der Waals surface area (Å²) in [6.45, 7) is 3.06. The molecular weight excluding hydrogens is 372 g/mol. The summed E-state index contributed by atoms with van der Waals surface area (Å²) in [7, 11) is -3.46. The van der Waals surface area contributed by atoms with E-state index in [1.165, 1.54) is 25.7 Å². The van der Waals surface area contributed by atoms with Crippen molar-refractivity contribution in [2.75, 3.05) is 13.1 Å². The lowest BCUT2D eigenvalue weighted by molar-refractivity contribution is -0.147. The summed E-state index contributed by atoms with van der Waals surface area (Å²) >= 11 is 0. The molecule has 2 aliphatic heterocycles. The number of piperidine rings is 2. The van der Waals surface area contributed by atoms with Gasteiger partial charge in [0.1, 0.15) is 0 Å². The third kappa shape index (κ3) is 3.73. The SMILES string of the molecule is C[C@H]1CC[C@@H]2CCCC[C@@H]2N1C(=O)C1CCN(S(=O)(=O)c2ccccc2)CC1. The highest BCUT2D eigenvalue weighted by Crippen LogP contribution is 2.39. The molecule has 28 heavy (non-hydrogen) atoms. The van der Waals surface area contributed by atoms with Gasteiger partial charge in [-0.2, -0.15) is 4.31 Å². The van der Waals surface area contributed by atoms with E-state index in [1.807, 2.05) is 6.07 Å². The molecule has 1 amide bonds. The maximum atomic E-state index is 13.4. The summed E-state index contributed by atoms with van der Waals surface area (Å²) in [5.74, 6) is 0.915. The van der Waals surface area contributed by atoms with Gasteiger partial charge in [-0.05, 0) is 63.5 Å². The minimum atomic E-state index is -3.46. The van der Waals surface area contributed by atoms with Gasteiger partial charge in [0.15, 0.2) is 0 Å². The Morgan fingerprint density at radius 1 is 0.929 bits per heavy atom. The van der Waals surface area contributed by atoms with Crippen molar-refractivity contribution < 1.29 is 13.2 Å². The van der Waals surface area contributed by atoms with Gasteiger partial charge in [0, 0.05) is 31.1 Å². The number of likely N-dealkylation sites (tertiary alicyclic amines) is 1. The molecule has 154 valence electrons. The Balaban J connectivity index is 1.42. The maximum absolute atomic E-state index is 13.4. The largest absolute Gasteiger partial charge is 0.336 e. The van der Waals surface area contributed by atoms with Crippen LogP contribution in [0.3, 0.4) is 0 Å². The van der Waals surface area contributed by atoms with Gasteiger partial charge in [-0.25, -0.2) is 8.42 Å². The van der Waals surface area contributed by atoms with E-state index in [2.05, 4.69) is 11.8 Å². The zero-order valence-electron chi connectivity index (χ0n) is 16.8. The molecule has 0 spiro atoms. The Morgan fingerprint density at radius 2 is 1.61 bits per heavy atom. The van der Waals surface area contributed by atoms with Gasteiger partial charge in [-0.15, -0.1) is 0 Å². The number of nitrogens with zero attached hydrogens (tertiary/aromatic N) is 2. The molecule has 6 heteroatoms. The lowest BCUT2D eigenvalue weighted by Gasteiger charge is -2.49. The maximum Gasteiger partial charge on any atom is 0.243 e. The molecule has 3 aliphatic rings. The van der Waals surface area contributed by atoms with Crippen LogP contribution in [-0.2, 0) is 14.8 Å². The van der Waals surface area contributed by atoms with Crippen LogP contribution in [0, 0.1) is 11.8 Å². The van der Waals surface area contributed by atoms with Gasteiger partial charge in [0.05, 0.1) is 4.90 Å². The van der Waals surface area contributed by atoms with E-state index < -0.39 is 10.0 Å². The number of carbonyl (C=O) groups is 1. The highest BCUT2D eigenvalue weighted by Gasteiger charge is 2.42. The van der Waals surface area contributed by atoms with Crippen LogP contribution in [0.1, 0.15) is 58.3 Å². The van der Waals surface area contributed by atoms with E-state index in [0.29, 0.717) is 48.8 Å². The topological polar surface area (TPSA) is 57.7 Å². The third-order valence-electron chi connectivity index (χ3n) is 7.09. The van der Waals surface area contributed by atoms with Crippen molar-refractivity contribution in [3.63, 3.8) is 0 Å². The van der Waals surface area contributed by atoms with Crippen molar-refractivity contribution >= 4 is 15.9 Å². The zero-order chi connectivity index (χ0) is 19.7. The molecule has 3 atom stereocenters. The van der Waals surface area contributed by atoms with Gasteiger partial charge < -0.3 is 4.90 Å². The van der Waals surface area contributed by atoms with Gasteiger partial charge in [0.2, 0.25) is 15.9 Å². The molecule has 1 aromatic carbocycles. The van der Waals surface area contributed by atoms with Crippen LogP contribution in [0.4, 0.5) is 0 Å². The summed E-state index contributed by atoms with van der Waals surface area (Å²) in [5, 5.41) is 0. The Kier molecular flexibility index (Phi) is 5.79. The lowest BCUT2D eigenvalue weighted by atomic mass is 9.76. The first-order valence-electron chi connectivity index (χ1n) is 10.9. The predicted octanol–water partition coefficient (Wildman–Crippen LogP) is 3.66. The van der Waals surface area contributed by atoms with Crippen molar-refractivity contribution in [1.82, 2.24) is 9.21 Å². The summed E-state index contributed by atoms with van der Waals surface area (Å²) in [6, 6.07) is 9.34. The molecule has 1 saturated carbocycles. The van der Waals surface area contributed by atoms with E-state index >= 15 is 0 Å². The standard InChI is InChI=1S/C22H32N2O3S/c1-17-11-12-18-7-5-6-10-21(18)24(17)22(25)19-13-15-23(16-14-19)28(26,27)20-8-3-2-4-9-20/h2-4,8-9,17-19,21H,5-7,10-16H2,1H3/t17-,18-,21-/m0/s1.